The Kier molecular flexibility index (Phi) is 7.18. The van der Waals surface area contributed by atoms with Crippen LogP contribution in [0.25, 0.3) is 0 Å². The molecule has 0 aromatic carbocycles. The molecule has 2 unspecified atom stereocenters. The summed E-state index contributed by atoms with van der Waals surface area (Å²) in [7, 11) is 0. The molecule has 2 aliphatic carbocycles. The number of hydrogen-bond acceptors (Lipinski definition) is 7. The van der Waals surface area contributed by atoms with Gasteiger partial charge >= 0.3 is 5.97 Å². The Morgan fingerprint density at radius 2 is 1.77 bits per heavy atom. The van der Waals surface area contributed by atoms with Crippen molar-refractivity contribution in [2.45, 2.75) is 76.4 Å². The molecule has 1 saturated carbocycles. The Hall–Kier alpha value is -2.74. The Morgan fingerprint density at radius 1 is 1.06 bits per heavy atom. The lowest BCUT2D eigenvalue weighted by Gasteiger charge is -2.37. The van der Waals surface area contributed by atoms with Gasteiger partial charge in [0.05, 0.1) is 6.54 Å². The van der Waals surface area contributed by atoms with Crippen LogP contribution < -0.4 is 4.90 Å². The number of unbranched alkanes of at least 4 members (excludes halogenated alkanes) is 2. The van der Waals surface area contributed by atoms with Gasteiger partial charge in [0.15, 0.2) is 11.8 Å². The Bertz CT molecular complexity index is 982. The fourth-order valence-corrected chi connectivity index (χ4v) is 6.20. The van der Waals surface area contributed by atoms with E-state index in [1.807, 2.05) is 24.4 Å². The van der Waals surface area contributed by atoms with Gasteiger partial charge in [-0.15, -0.1) is 0 Å². The molecule has 3 aliphatic rings. The molecule has 2 aromatic heterocycles. The van der Waals surface area contributed by atoms with E-state index >= 15 is 0 Å². The van der Waals surface area contributed by atoms with Crippen LogP contribution in [0.15, 0.2) is 24.4 Å². The molecule has 190 valence electrons. The highest BCUT2D eigenvalue weighted by atomic mass is 16.5. The summed E-state index contributed by atoms with van der Waals surface area (Å²) in [6.07, 6.45) is 7.84. The number of pyridine rings is 1. The second-order valence-corrected chi connectivity index (χ2v) is 10.3. The molecule has 2 bridgehead atoms. The number of hydrogen-bond donors (Lipinski definition) is 2. The van der Waals surface area contributed by atoms with Gasteiger partial charge in [-0.25, -0.2) is 4.98 Å². The van der Waals surface area contributed by atoms with Crippen molar-refractivity contribution in [2.75, 3.05) is 37.6 Å². The topological polar surface area (TPSA) is 91.1 Å². The molecular formula is C27H38N4O4. The van der Waals surface area contributed by atoms with E-state index in [0.717, 1.165) is 81.6 Å². The van der Waals surface area contributed by atoms with E-state index in [4.69, 9.17) is 4.74 Å². The Labute approximate surface area is 207 Å². The monoisotopic (exact) mass is 482 g/mol. The van der Waals surface area contributed by atoms with Gasteiger partial charge in [-0.3, -0.25) is 14.3 Å². The molecule has 35 heavy (non-hydrogen) atoms. The highest BCUT2D eigenvalue weighted by molar-refractivity contribution is 5.69. The third-order valence-corrected chi connectivity index (χ3v) is 8.01. The number of ether oxygens (including phenoxy) is 1. The standard InChI is InChI=1S/C27H38N4O4/c1-2-3-4-8-23(32)35-21(17-29-12-14-30(15-13-29)22-7-5-6-11-28-22)18-31-26(33)24-19-9-10-20(16-19)25(24)27(31)34/h5-7,11,19-21,33-34H,2-4,8-10,12-18H2,1H3/t19-,20?,21?/m0/s1. The lowest BCUT2D eigenvalue weighted by molar-refractivity contribution is -0.151. The summed E-state index contributed by atoms with van der Waals surface area (Å²) in [6, 6.07) is 5.95. The molecule has 0 radical (unpaired) electrons. The molecule has 3 heterocycles. The zero-order chi connectivity index (χ0) is 24.4. The highest BCUT2D eigenvalue weighted by Gasteiger charge is 2.44. The van der Waals surface area contributed by atoms with Crippen LogP contribution in [-0.4, -0.2) is 69.5 Å². The Morgan fingerprint density at radius 3 is 2.40 bits per heavy atom. The maximum absolute atomic E-state index is 12.6. The van der Waals surface area contributed by atoms with Gasteiger partial charge in [-0.2, -0.15) is 0 Å². The van der Waals surface area contributed by atoms with Gasteiger partial charge in [0, 0.05) is 56.5 Å². The number of carbonyl (C=O) groups is 1. The normalized spacial score (nSPS) is 22.4. The van der Waals surface area contributed by atoms with Crippen LogP contribution in [0.1, 0.15) is 74.8 Å². The molecule has 3 atom stereocenters. The summed E-state index contributed by atoms with van der Waals surface area (Å²) >= 11 is 0. The summed E-state index contributed by atoms with van der Waals surface area (Å²) < 4.78 is 7.53. The molecule has 1 aliphatic heterocycles. The fraction of sp³-hybridized carbons (Fsp3) is 0.630. The van der Waals surface area contributed by atoms with Crippen molar-refractivity contribution in [3.05, 3.63) is 35.5 Å². The maximum atomic E-state index is 12.6. The lowest BCUT2D eigenvalue weighted by Crippen LogP contribution is -2.49. The summed E-state index contributed by atoms with van der Waals surface area (Å²) in [5.74, 6) is 1.80. The second kappa shape index (κ2) is 10.5. The minimum atomic E-state index is -0.437. The van der Waals surface area contributed by atoms with Gasteiger partial charge in [-0.05, 0) is 49.7 Å². The number of piperazine rings is 1. The van der Waals surface area contributed by atoms with Crippen molar-refractivity contribution in [1.82, 2.24) is 14.5 Å². The first-order valence-corrected chi connectivity index (χ1v) is 13.3. The van der Waals surface area contributed by atoms with Gasteiger partial charge in [0.2, 0.25) is 0 Å². The number of carbonyl (C=O) groups excluding carboxylic acids is 1. The molecule has 2 fully saturated rings. The minimum Gasteiger partial charge on any atom is -0.494 e. The molecule has 1 saturated heterocycles. The number of aromatic nitrogens is 2. The molecule has 2 N–H and O–H groups in total. The van der Waals surface area contributed by atoms with Gasteiger partial charge in [-0.1, -0.05) is 25.8 Å². The number of fused-ring (bicyclic) bond motifs is 5. The summed E-state index contributed by atoms with van der Waals surface area (Å²) in [5.41, 5.74) is 1.85. The molecule has 8 nitrogen and oxygen atoms in total. The molecule has 5 rings (SSSR count). The Balaban J connectivity index is 1.27. The smallest absolute Gasteiger partial charge is 0.306 e. The zero-order valence-corrected chi connectivity index (χ0v) is 20.7. The van der Waals surface area contributed by atoms with Crippen molar-refractivity contribution in [3.8, 4) is 11.8 Å². The first-order valence-electron chi connectivity index (χ1n) is 13.3. The first-order chi connectivity index (χ1) is 17.0. The number of rotatable bonds is 10. The third kappa shape index (κ3) is 4.99. The fourth-order valence-electron chi connectivity index (χ4n) is 6.20. The predicted octanol–water partition coefficient (Wildman–Crippen LogP) is 3.97. The van der Waals surface area contributed by atoms with Crippen LogP contribution in [0.4, 0.5) is 5.82 Å². The van der Waals surface area contributed by atoms with E-state index in [1.165, 1.54) is 0 Å². The average Bonchev–Trinajstić information content (AvgIpc) is 3.55. The highest BCUT2D eigenvalue weighted by Crippen LogP contribution is 2.59. The van der Waals surface area contributed by atoms with E-state index < -0.39 is 6.10 Å². The van der Waals surface area contributed by atoms with Crippen molar-refractivity contribution < 1.29 is 19.7 Å². The second-order valence-electron chi connectivity index (χ2n) is 10.3. The van der Waals surface area contributed by atoms with Crippen LogP contribution in [0.3, 0.4) is 0 Å². The number of esters is 1. The van der Waals surface area contributed by atoms with Crippen LogP contribution in [0.2, 0.25) is 0 Å². The third-order valence-electron chi connectivity index (χ3n) is 8.01. The van der Waals surface area contributed by atoms with Gasteiger partial charge in [0.25, 0.3) is 0 Å². The van der Waals surface area contributed by atoms with Gasteiger partial charge < -0.3 is 19.8 Å². The largest absolute Gasteiger partial charge is 0.494 e. The van der Waals surface area contributed by atoms with Crippen molar-refractivity contribution in [3.63, 3.8) is 0 Å². The SMILES string of the molecule is CCCCCC(=O)OC(CN1CCN(c2ccccn2)CC1)Cn1c(O)c2c(c1O)[C@H]1CCC2C1. The van der Waals surface area contributed by atoms with E-state index in [9.17, 15) is 15.0 Å². The van der Waals surface area contributed by atoms with Crippen molar-refractivity contribution in [2.24, 2.45) is 0 Å². The maximum Gasteiger partial charge on any atom is 0.306 e. The minimum absolute atomic E-state index is 0.164. The molecule has 8 heteroatoms. The molecule has 0 spiro atoms. The van der Waals surface area contributed by atoms with Crippen LogP contribution in [-0.2, 0) is 16.1 Å². The lowest BCUT2D eigenvalue weighted by atomic mass is 9.95. The molecule has 2 aromatic rings. The summed E-state index contributed by atoms with van der Waals surface area (Å²) in [5, 5.41) is 22.0. The number of aromatic hydroxyl groups is 2. The average molecular weight is 483 g/mol. The van der Waals surface area contributed by atoms with Crippen LogP contribution in [0.5, 0.6) is 11.8 Å². The number of nitrogens with zero attached hydrogens (tertiary/aromatic N) is 4. The first kappa shape index (κ1) is 24.0. The van der Waals surface area contributed by atoms with Crippen molar-refractivity contribution >= 4 is 11.8 Å². The summed E-state index contributed by atoms with van der Waals surface area (Å²) in [4.78, 5) is 21.7. The predicted molar refractivity (Wildman–Crippen MR) is 134 cm³/mol. The van der Waals surface area contributed by atoms with E-state index in [2.05, 4.69) is 21.7 Å². The van der Waals surface area contributed by atoms with Gasteiger partial charge in [0.1, 0.15) is 11.9 Å². The molecule has 0 amide bonds. The number of anilines is 1. The molecular weight excluding hydrogens is 444 g/mol. The van der Waals surface area contributed by atoms with E-state index in [1.54, 1.807) is 4.57 Å². The van der Waals surface area contributed by atoms with Crippen molar-refractivity contribution in [1.29, 1.82) is 0 Å². The van der Waals surface area contributed by atoms with E-state index in [0.29, 0.717) is 24.8 Å². The van der Waals surface area contributed by atoms with Crippen LogP contribution >= 0.6 is 0 Å². The zero-order valence-electron chi connectivity index (χ0n) is 20.7. The van der Waals surface area contributed by atoms with E-state index in [-0.39, 0.29) is 24.3 Å². The quantitative estimate of drug-likeness (QED) is 0.391. The summed E-state index contributed by atoms with van der Waals surface area (Å²) in [6.45, 7) is 6.34. The van der Waals surface area contributed by atoms with Crippen LogP contribution in [0, 0.1) is 0 Å².